The van der Waals surface area contributed by atoms with Crippen molar-refractivity contribution in [1.29, 1.82) is 0 Å². The molecule has 84 valence electrons. The Morgan fingerprint density at radius 1 is 1.53 bits per heavy atom. The highest BCUT2D eigenvalue weighted by Crippen LogP contribution is 2.23. The first-order chi connectivity index (χ1) is 6.65. The minimum Gasteiger partial charge on any atom is -0.469 e. The molecule has 0 bridgehead atoms. The van der Waals surface area contributed by atoms with Crippen molar-refractivity contribution >= 4 is 30.0 Å². The van der Waals surface area contributed by atoms with Gasteiger partial charge in [0.05, 0.1) is 13.5 Å². The number of nitrogens with two attached hydrogens (primary N) is 1. The molecule has 0 aliphatic carbocycles. The topological polar surface area (TPSA) is 52.3 Å². The van der Waals surface area contributed by atoms with Gasteiger partial charge in [-0.3, -0.25) is 4.79 Å². The highest BCUT2D eigenvalue weighted by molar-refractivity contribution is 6.31. The van der Waals surface area contributed by atoms with Crippen LogP contribution < -0.4 is 5.73 Å². The van der Waals surface area contributed by atoms with Crippen LogP contribution in [0.2, 0.25) is 5.02 Å². The van der Waals surface area contributed by atoms with Gasteiger partial charge in [-0.15, -0.1) is 12.4 Å². The van der Waals surface area contributed by atoms with Gasteiger partial charge < -0.3 is 10.5 Å². The fraction of sp³-hybridized carbons (Fsp3) is 0.300. The van der Waals surface area contributed by atoms with Crippen LogP contribution in [0.5, 0.6) is 0 Å². The Labute approximate surface area is 100.0 Å². The number of ether oxygens (including phenoxy) is 1. The Kier molecular flexibility index (Phi) is 6.32. The molecule has 3 nitrogen and oxygen atoms in total. The van der Waals surface area contributed by atoms with Gasteiger partial charge in [-0.25, -0.2) is 0 Å². The number of hydrogen-bond acceptors (Lipinski definition) is 3. The quantitative estimate of drug-likeness (QED) is 0.837. The minimum atomic E-state index is -0.406. The molecule has 15 heavy (non-hydrogen) atoms. The molecule has 1 aromatic carbocycles. The van der Waals surface area contributed by atoms with Crippen molar-refractivity contribution in [2.24, 2.45) is 5.73 Å². The van der Waals surface area contributed by atoms with Crippen LogP contribution in [0, 0.1) is 0 Å². The summed E-state index contributed by atoms with van der Waals surface area (Å²) in [5, 5.41) is 0.573. The van der Waals surface area contributed by atoms with E-state index in [1.165, 1.54) is 7.11 Å². The van der Waals surface area contributed by atoms with E-state index in [2.05, 4.69) is 4.74 Å². The lowest BCUT2D eigenvalue weighted by Gasteiger charge is -2.11. The highest BCUT2D eigenvalue weighted by Gasteiger charge is 2.13. The van der Waals surface area contributed by atoms with Crippen molar-refractivity contribution in [1.82, 2.24) is 0 Å². The third-order valence-electron chi connectivity index (χ3n) is 1.92. The van der Waals surface area contributed by atoms with Crippen LogP contribution in [-0.4, -0.2) is 13.1 Å². The number of methoxy groups -OCH3 is 1. The van der Waals surface area contributed by atoms with E-state index in [-0.39, 0.29) is 24.8 Å². The van der Waals surface area contributed by atoms with E-state index >= 15 is 0 Å². The standard InChI is InChI=1S/C10H12ClNO2.ClH/c1-14-10(13)6-9(12)7-4-2-3-5-8(7)11;/h2-5,9H,6,12H2,1H3;1H. The van der Waals surface area contributed by atoms with E-state index in [1.807, 2.05) is 12.1 Å². The molecule has 0 amide bonds. The van der Waals surface area contributed by atoms with Gasteiger partial charge in [-0.05, 0) is 11.6 Å². The van der Waals surface area contributed by atoms with Gasteiger partial charge >= 0.3 is 5.97 Å². The molecule has 1 aromatic rings. The van der Waals surface area contributed by atoms with Gasteiger partial charge in [0.2, 0.25) is 0 Å². The van der Waals surface area contributed by atoms with Gasteiger partial charge in [0.1, 0.15) is 0 Å². The van der Waals surface area contributed by atoms with Crippen LogP contribution in [-0.2, 0) is 9.53 Å². The minimum absolute atomic E-state index is 0. The molecule has 0 fully saturated rings. The number of rotatable bonds is 3. The van der Waals surface area contributed by atoms with Crippen LogP contribution in [0.25, 0.3) is 0 Å². The van der Waals surface area contributed by atoms with E-state index in [0.29, 0.717) is 5.02 Å². The summed E-state index contributed by atoms with van der Waals surface area (Å²) >= 11 is 5.91. The average Bonchev–Trinajstić information content (AvgIpc) is 2.18. The fourth-order valence-corrected chi connectivity index (χ4v) is 1.42. The van der Waals surface area contributed by atoms with Crippen LogP contribution in [0.3, 0.4) is 0 Å². The predicted octanol–water partition coefficient (Wildman–Crippen LogP) is 2.32. The van der Waals surface area contributed by atoms with Gasteiger partial charge in [0, 0.05) is 11.1 Å². The summed E-state index contributed by atoms with van der Waals surface area (Å²) in [6, 6.07) is 6.79. The zero-order valence-corrected chi connectivity index (χ0v) is 9.85. The summed E-state index contributed by atoms with van der Waals surface area (Å²) in [5.41, 5.74) is 6.55. The Balaban J connectivity index is 0.00000196. The zero-order chi connectivity index (χ0) is 10.6. The average molecular weight is 250 g/mol. The van der Waals surface area contributed by atoms with E-state index < -0.39 is 6.04 Å². The second kappa shape index (κ2) is 6.67. The molecule has 0 saturated carbocycles. The first-order valence-corrected chi connectivity index (χ1v) is 4.59. The van der Waals surface area contributed by atoms with Gasteiger partial charge in [0.15, 0.2) is 0 Å². The maximum Gasteiger partial charge on any atom is 0.307 e. The molecule has 1 unspecified atom stereocenters. The largest absolute Gasteiger partial charge is 0.469 e. The second-order valence-corrected chi connectivity index (χ2v) is 3.32. The first-order valence-electron chi connectivity index (χ1n) is 4.22. The molecule has 0 aliphatic heterocycles. The Bertz CT molecular complexity index is 331. The Morgan fingerprint density at radius 3 is 2.67 bits per heavy atom. The second-order valence-electron chi connectivity index (χ2n) is 2.91. The molecule has 2 N–H and O–H groups in total. The lowest BCUT2D eigenvalue weighted by molar-refractivity contribution is -0.141. The molecule has 0 heterocycles. The van der Waals surface area contributed by atoms with Gasteiger partial charge in [0.25, 0.3) is 0 Å². The van der Waals surface area contributed by atoms with Crippen LogP contribution in [0.15, 0.2) is 24.3 Å². The molecule has 1 atom stereocenters. The maximum atomic E-state index is 11.0. The number of carbonyl (C=O) groups is 1. The monoisotopic (exact) mass is 249 g/mol. The van der Waals surface area contributed by atoms with Crippen LogP contribution in [0.1, 0.15) is 18.0 Å². The van der Waals surface area contributed by atoms with Gasteiger partial charge in [-0.2, -0.15) is 0 Å². The number of benzene rings is 1. The molecule has 5 heteroatoms. The summed E-state index contributed by atoms with van der Waals surface area (Å²) in [6.07, 6.45) is 0.139. The van der Waals surface area contributed by atoms with Crippen molar-refractivity contribution in [2.45, 2.75) is 12.5 Å². The third kappa shape index (κ3) is 4.08. The van der Waals surface area contributed by atoms with Crippen molar-refractivity contribution in [2.75, 3.05) is 7.11 Å². The van der Waals surface area contributed by atoms with E-state index in [4.69, 9.17) is 17.3 Å². The Morgan fingerprint density at radius 2 is 2.13 bits per heavy atom. The van der Waals surface area contributed by atoms with E-state index in [1.54, 1.807) is 12.1 Å². The molecule has 0 saturated heterocycles. The molecular formula is C10H13Cl2NO2. The van der Waals surface area contributed by atoms with Crippen molar-refractivity contribution in [3.8, 4) is 0 Å². The summed E-state index contributed by atoms with van der Waals surface area (Å²) < 4.78 is 4.52. The highest BCUT2D eigenvalue weighted by atomic mass is 35.5. The van der Waals surface area contributed by atoms with Crippen LogP contribution >= 0.6 is 24.0 Å². The number of esters is 1. The number of carbonyl (C=O) groups excluding carboxylic acids is 1. The molecule has 0 radical (unpaired) electrons. The third-order valence-corrected chi connectivity index (χ3v) is 2.26. The molecule has 0 spiro atoms. The van der Waals surface area contributed by atoms with E-state index in [9.17, 15) is 4.79 Å². The van der Waals surface area contributed by atoms with E-state index in [0.717, 1.165) is 5.56 Å². The molecule has 0 aromatic heterocycles. The number of hydrogen-bond donors (Lipinski definition) is 1. The summed E-state index contributed by atoms with van der Waals surface area (Å²) in [7, 11) is 1.33. The SMILES string of the molecule is COC(=O)CC(N)c1ccccc1Cl.Cl. The van der Waals surface area contributed by atoms with Crippen molar-refractivity contribution in [3.05, 3.63) is 34.9 Å². The summed E-state index contributed by atoms with van der Waals surface area (Å²) in [6.45, 7) is 0. The summed E-state index contributed by atoms with van der Waals surface area (Å²) in [4.78, 5) is 11.0. The number of halogens is 2. The molecule has 1 rings (SSSR count). The Hall–Kier alpha value is -0.770. The van der Waals surface area contributed by atoms with Crippen molar-refractivity contribution < 1.29 is 9.53 Å². The molecule has 0 aliphatic rings. The lowest BCUT2D eigenvalue weighted by atomic mass is 10.1. The fourth-order valence-electron chi connectivity index (χ4n) is 1.15. The zero-order valence-electron chi connectivity index (χ0n) is 8.27. The lowest BCUT2D eigenvalue weighted by Crippen LogP contribution is -2.16. The first kappa shape index (κ1) is 14.2. The van der Waals surface area contributed by atoms with Crippen LogP contribution in [0.4, 0.5) is 0 Å². The normalized spacial score (nSPS) is 11.4. The van der Waals surface area contributed by atoms with Crippen molar-refractivity contribution in [3.63, 3.8) is 0 Å². The smallest absolute Gasteiger partial charge is 0.307 e. The molecular weight excluding hydrogens is 237 g/mol. The summed E-state index contributed by atoms with van der Waals surface area (Å²) in [5.74, 6) is -0.336. The predicted molar refractivity (Wildman–Crippen MR) is 62.3 cm³/mol. The maximum absolute atomic E-state index is 11.0. The van der Waals surface area contributed by atoms with Gasteiger partial charge in [-0.1, -0.05) is 29.8 Å².